The molecule has 0 fully saturated rings. The van der Waals surface area contributed by atoms with Crippen LogP contribution in [0.1, 0.15) is 28.4 Å². The maximum absolute atomic E-state index is 2.57. The third-order valence-corrected chi connectivity index (χ3v) is 8.14. The quantitative estimate of drug-likeness (QED) is 0.196. The van der Waals surface area contributed by atoms with Crippen LogP contribution in [0.5, 0.6) is 0 Å². The topological polar surface area (TPSA) is 8.17 Å². The standard InChI is InChI=1S/C30H21IN2/c1-19-21-13-7-9-17-25(21)32-28(19)24-16-8-10-18-26(24)33-29(20-11-3-2-4-12-20)27(31)22-14-5-6-15-23(22)30(32)33/h2-18,30H,1H3. The summed E-state index contributed by atoms with van der Waals surface area (Å²) >= 11 is 2.55. The van der Waals surface area contributed by atoms with Crippen LogP contribution in [0.4, 0.5) is 5.69 Å². The molecule has 0 aliphatic carbocycles. The smallest absolute Gasteiger partial charge is 0.138 e. The van der Waals surface area contributed by atoms with Crippen molar-refractivity contribution in [3.63, 3.8) is 0 Å². The van der Waals surface area contributed by atoms with Crippen molar-refractivity contribution in [3.05, 3.63) is 125 Å². The third kappa shape index (κ3) is 2.54. The van der Waals surface area contributed by atoms with Crippen LogP contribution in [-0.2, 0) is 0 Å². The molecule has 0 spiro atoms. The fourth-order valence-corrected chi connectivity index (χ4v) is 6.75. The van der Waals surface area contributed by atoms with Gasteiger partial charge in [0.2, 0.25) is 0 Å². The van der Waals surface area contributed by atoms with E-state index in [0.717, 1.165) is 0 Å². The molecule has 0 N–H and O–H groups in total. The van der Waals surface area contributed by atoms with E-state index in [1.165, 1.54) is 59.4 Å². The molecule has 5 aromatic rings. The number of fused-ring (bicyclic) bond motifs is 10. The summed E-state index contributed by atoms with van der Waals surface area (Å²) in [5, 5.41) is 1.33. The zero-order chi connectivity index (χ0) is 22.1. The maximum Gasteiger partial charge on any atom is 0.138 e. The second-order valence-corrected chi connectivity index (χ2v) is 9.82. The first-order valence-electron chi connectivity index (χ1n) is 11.3. The third-order valence-electron chi connectivity index (χ3n) is 7.04. The summed E-state index contributed by atoms with van der Waals surface area (Å²) in [7, 11) is 0. The first-order chi connectivity index (χ1) is 16.3. The number of aryl methyl sites for hydroxylation is 1. The Labute approximate surface area is 206 Å². The highest BCUT2D eigenvalue weighted by molar-refractivity contribution is 14.1. The summed E-state index contributed by atoms with van der Waals surface area (Å²) in [6.07, 6.45) is 0.0541. The first-order valence-corrected chi connectivity index (χ1v) is 12.4. The number of hydrogen-bond acceptors (Lipinski definition) is 1. The number of para-hydroxylation sites is 2. The van der Waals surface area contributed by atoms with E-state index < -0.39 is 0 Å². The van der Waals surface area contributed by atoms with Gasteiger partial charge in [0, 0.05) is 20.1 Å². The highest BCUT2D eigenvalue weighted by Crippen LogP contribution is 2.55. The lowest BCUT2D eigenvalue weighted by Gasteiger charge is -2.46. The van der Waals surface area contributed by atoms with Crippen LogP contribution in [0.25, 0.3) is 31.4 Å². The minimum atomic E-state index is 0.0541. The van der Waals surface area contributed by atoms with Gasteiger partial charge in [-0.05, 0) is 58.3 Å². The number of nitrogens with zero attached hydrogens (tertiary/aromatic N) is 2. The summed E-state index contributed by atoms with van der Waals surface area (Å²) < 4.78 is 3.86. The Morgan fingerprint density at radius 3 is 2.21 bits per heavy atom. The molecule has 1 unspecified atom stereocenters. The van der Waals surface area contributed by atoms with Crippen LogP contribution < -0.4 is 4.90 Å². The average Bonchev–Trinajstić information content (AvgIpc) is 3.17. The van der Waals surface area contributed by atoms with E-state index in [9.17, 15) is 0 Å². The average molecular weight is 536 g/mol. The van der Waals surface area contributed by atoms with E-state index in [0.29, 0.717) is 0 Å². The number of anilines is 1. The van der Waals surface area contributed by atoms with Gasteiger partial charge in [0.1, 0.15) is 6.17 Å². The van der Waals surface area contributed by atoms with Gasteiger partial charge in [-0.15, -0.1) is 0 Å². The monoisotopic (exact) mass is 536 g/mol. The first kappa shape index (κ1) is 19.2. The molecule has 158 valence electrons. The molecule has 1 atom stereocenters. The zero-order valence-electron chi connectivity index (χ0n) is 18.2. The maximum atomic E-state index is 2.57. The predicted molar refractivity (Wildman–Crippen MR) is 146 cm³/mol. The Bertz CT molecular complexity index is 1590. The van der Waals surface area contributed by atoms with Gasteiger partial charge in [-0.2, -0.15) is 0 Å². The molecule has 0 saturated carbocycles. The lowest BCUT2D eigenvalue weighted by molar-refractivity contribution is 0.604. The molecule has 0 bridgehead atoms. The molecule has 33 heavy (non-hydrogen) atoms. The predicted octanol–water partition coefficient (Wildman–Crippen LogP) is 8.26. The van der Waals surface area contributed by atoms with Crippen molar-refractivity contribution in [2.24, 2.45) is 0 Å². The number of hydrogen-bond donors (Lipinski definition) is 0. The van der Waals surface area contributed by atoms with Crippen LogP contribution in [-0.4, -0.2) is 4.57 Å². The number of halogens is 1. The van der Waals surface area contributed by atoms with Gasteiger partial charge in [0.15, 0.2) is 0 Å². The molecule has 4 aromatic carbocycles. The van der Waals surface area contributed by atoms with Crippen LogP contribution in [0.3, 0.4) is 0 Å². The van der Waals surface area contributed by atoms with Crippen molar-refractivity contribution < 1.29 is 0 Å². The highest BCUT2D eigenvalue weighted by Gasteiger charge is 2.41. The minimum Gasteiger partial charge on any atom is -0.315 e. The SMILES string of the molecule is Cc1c2n(c3ccccc13)C1c3ccccc3C(I)=C(c3ccccc3)N1c1ccccc1-2. The molecule has 2 aliphatic rings. The van der Waals surface area contributed by atoms with Crippen molar-refractivity contribution in [3.8, 4) is 11.3 Å². The largest absolute Gasteiger partial charge is 0.315 e. The van der Waals surface area contributed by atoms with E-state index in [1.54, 1.807) is 0 Å². The number of aromatic nitrogens is 1. The van der Waals surface area contributed by atoms with E-state index >= 15 is 0 Å². The molecule has 0 amide bonds. The lowest BCUT2D eigenvalue weighted by atomic mass is 9.91. The van der Waals surface area contributed by atoms with Gasteiger partial charge < -0.3 is 9.47 Å². The van der Waals surface area contributed by atoms with Crippen LogP contribution in [0, 0.1) is 6.92 Å². The van der Waals surface area contributed by atoms with Gasteiger partial charge in [0.05, 0.1) is 22.6 Å². The Morgan fingerprint density at radius 1 is 0.697 bits per heavy atom. The fourth-order valence-electron chi connectivity index (χ4n) is 5.68. The van der Waals surface area contributed by atoms with E-state index in [4.69, 9.17) is 0 Å². The molecule has 3 heteroatoms. The molecule has 0 radical (unpaired) electrons. The molecule has 1 aromatic heterocycles. The summed E-state index contributed by atoms with van der Waals surface area (Å²) in [6.45, 7) is 2.27. The Morgan fingerprint density at radius 2 is 1.36 bits per heavy atom. The molecule has 2 nitrogen and oxygen atoms in total. The van der Waals surface area contributed by atoms with E-state index in [-0.39, 0.29) is 6.17 Å². The Balaban J connectivity index is 1.67. The van der Waals surface area contributed by atoms with Gasteiger partial charge in [-0.3, -0.25) is 0 Å². The van der Waals surface area contributed by atoms with Gasteiger partial charge in [-0.25, -0.2) is 0 Å². The normalized spacial score (nSPS) is 16.3. The van der Waals surface area contributed by atoms with Crippen molar-refractivity contribution >= 4 is 48.5 Å². The Hall–Kier alpha value is -3.31. The Kier molecular flexibility index (Phi) is 4.12. The van der Waals surface area contributed by atoms with Crippen molar-refractivity contribution in [1.82, 2.24) is 4.57 Å². The summed E-state index contributed by atoms with van der Waals surface area (Å²) in [6, 6.07) is 37.5. The zero-order valence-corrected chi connectivity index (χ0v) is 20.3. The summed E-state index contributed by atoms with van der Waals surface area (Å²) in [5.41, 5.74) is 11.7. The van der Waals surface area contributed by atoms with Gasteiger partial charge in [0.25, 0.3) is 0 Å². The molecule has 7 rings (SSSR count). The van der Waals surface area contributed by atoms with Crippen molar-refractivity contribution in [2.75, 3.05) is 4.90 Å². The molecular weight excluding hydrogens is 515 g/mol. The highest BCUT2D eigenvalue weighted by atomic mass is 127. The second-order valence-electron chi connectivity index (χ2n) is 8.74. The minimum absolute atomic E-state index is 0.0541. The second kappa shape index (κ2) is 7.09. The lowest BCUT2D eigenvalue weighted by Crippen LogP contribution is -2.38. The van der Waals surface area contributed by atoms with E-state index in [1.807, 2.05) is 0 Å². The molecule has 0 saturated heterocycles. The van der Waals surface area contributed by atoms with Gasteiger partial charge in [-0.1, -0.05) is 91.0 Å². The number of rotatable bonds is 1. The van der Waals surface area contributed by atoms with Crippen LogP contribution >= 0.6 is 22.6 Å². The van der Waals surface area contributed by atoms with Crippen LogP contribution in [0.2, 0.25) is 0 Å². The van der Waals surface area contributed by atoms with Crippen molar-refractivity contribution in [2.45, 2.75) is 13.1 Å². The fraction of sp³-hybridized carbons (Fsp3) is 0.0667. The number of benzene rings is 4. The summed E-state index contributed by atoms with van der Waals surface area (Å²) in [4.78, 5) is 2.56. The van der Waals surface area contributed by atoms with Crippen molar-refractivity contribution in [1.29, 1.82) is 0 Å². The van der Waals surface area contributed by atoms with Gasteiger partial charge >= 0.3 is 0 Å². The molecule has 2 aliphatic heterocycles. The van der Waals surface area contributed by atoms with E-state index in [2.05, 4.69) is 142 Å². The molecule has 3 heterocycles. The summed E-state index contributed by atoms with van der Waals surface area (Å²) in [5.74, 6) is 0. The van der Waals surface area contributed by atoms with Crippen LogP contribution in [0.15, 0.2) is 103 Å². The molecular formula is C30H21IN2.